The molecule has 0 radical (unpaired) electrons. The van der Waals surface area contributed by atoms with Crippen molar-refractivity contribution in [2.75, 3.05) is 0 Å². The summed E-state index contributed by atoms with van der Waals surface area (Å²) in [6.07, 6.45) is 6.44. The number of fused-ring (bicyclic) bond motifs is 1. The Morgan fingerprint density at radius 1 is 1.44 bits per heavy atom. The molecule has 0 amide bonds. The number of rotatable bonds is 1. The number of halogens is 1. The van der Waals surface area contributed by atoms with Crippen molar-refractivity contribution >= 4 is 27.1 Å². The smallest absolute Gasteiger partial charge is 0.277 e. The van der Waals surface area contributed by atoms with E-state index in [1.54, 1.807) is 6.33 Å². The minimum Gasteiger partial charge on any atom is -0.322 e. The SMILES string of the molecule is O=c1[nH]c(Br)nc2ncn(C3CCCC3)c12. The van der Waals surface area contributed by atoms with Crippen LogP contribution in [0.3, 0.4) is 0 Å². The average molecular weight is 283 g/mol. The van der Waals surface area contributed by atoms with Gasteiger partial charge in [0.1, 0.15) is 0 Å². The van der Waals surface area contributed by atoms with Crippen molar-refractivity contribution in [3.63, 3.8) is 0 Å². The van der Waals surface area contributed by atoms with E-state index < -0.39 is 0 Å². The number of H-pyrrole nitrogens is 1. The summed E-state index contributed by atoms with van der Waals surface area (Å²) < 4.78 is 2.40. The third-order valence-corrected chi connectivity index (χ3v) is 3.50. The van der Waals surface area contributed by atoms with Crippen molar-refractivity contribution in [3.8, 4) is 0 Å². The molecular weight excluding hydrogens is 272 g/mol. The van der Waals surface area contributed by atoms with E-state index in [1.807, 2.05) is 4.57 Å². The van der Waals surface area contributed by atoms with Crippen LogP contribution in [0.15, 0.2) is 15.9 Å². The summed E-state index contributed by atoms with van der Waals surface area (Å²) in [4.78, 5) is 22.8. The van der Waals surface area contributed by atoms with Crippen LogP contribution < -0.4 is 5.56 Å². The van der Waals surface area contributed by atoms with Gasteiger partial charge in [-0.1, -0.05) is 12.8 Å². The molecule has 1 aliphatic carbocycles. The second-order valence-corrected chi connectivity index (χ2v) is 4.87. The average Bonchev–Trinajstić information content (AvgIpc) is 2.82. The number of hydrogen-bond acceptors (Lipinski definition) is 3. The van der Waals surface area contributed by atoms with Crippen molar-refractivity contribution in [1.82, 2.24) is 19.5 Å². The highest BCUT2D eigenvalue weighted by atomic mass is 79.9. The molecule has 1 saturated carbocycles. The Bertz CT molecular complexity index is 582. The summed E-state index contributed by atoms with van der Waals surface area (Å²) in [5.74, 6) is 0. The largest absolute Gasteiger partial charge is 0.322 e. The maximum absolute atomic E-state index is 11.9. The Labute approximate surface area is 100 Å². The first-order chi connectivity index (χ1) is 7.75. The van der Waals surface area contributed by atoms with Crippen LogP contribution in [-0.2, 0) is 0 Å². The van der Waals surface area contributed by atoms with Crippen molar-refractivity contribution in [2.24, 2.45) is 0 Å². The Hall–Kier alpha value is -1.17. The lowest BCUT2D eigenvalue weighted by Gasteiger charge is -2.10. The van der Waals surface area contributed by atoms with Crippen LogP contribution in [0.2, 0.25) is 0 Å². The fourth-order valence-corrected chi connectivity index (χ4v) is 2.73. The molecule has 1 aliphatic rings. The van der Waals surface area contributed by atoms with E-state index in [1.165, 1.54) is 12.8 Å². The zero-order valence-corrected chi connectivity index (χ0v) is 10.2. The maximum atomic E-state index is 11.9. The first-order valence-corrected chi connectivity index (χ1v) is 6.17. The zero-order chi connectivity index (χ0) is 11.1. The van der Waals surface area contributed by atoms with Gasteiger partial charge in [0.05, 0.1) is 6.33 Å². The van der Waals surface area contributed by atoms with E-state index in [0.29, 0.717) is 21.9 Å². The molecule has 84 valence electrons. The molecule has 6 heteroatoms. The van der Waals surface area contributed by atoms with Crippen LogP contribution in [0, 0.1) is 0 Å². The summed E-state index contributed by atoms with van der Waals surface area (Å²) in [6, 6.07) is 0.411. The lowest BCUT2D eigenvalue weighted by atomic mass is 10.2. The van der Waals surface area contributed by atoms with E-state index in [4.69, 9.17) is 0 Å². The maximum Gasteiger partial charge on any atom is 0.277 e. The molecule has 0 bridgehead atoms. The minimum atomic E-state index is -0.124. The van der Waals surface area contributed by atoms with E-state index >= 15 is 0 Å². The van der Waals surface area contributed by atoms with Crippen molar-refractivity contribution in [2.45, 2.75) is 31.7 Å². The first-order valence-electron chi connectivity index (χ1n) is 5.38. The Balaban J connectivity index is 2.22. The monoisotopic (exact) mass is 282 g/mol. The lowest BCUT2D eigenvalue weighted by molar-refractivity contribution is 0.531. The molecule has 5 nitrogen and oxygen atoms in total. The predicted molar refractivity (Wildman–Crippen MR) is 63.4 cm³/mol. The number of nitrogens with zero attached hydrogens (tertiary/aromatic N) is 3. The summed E-state index contributed by atoms with van der Waals surface area (Å²) in [5.41, 5.74) is 0.985. The summed E-state index contributed by atoms with van der Waals surface area (Å²) in [6.45, 7) is 0. The van der Waals surface area contributed by atoms with Crippen LogP contribution >= 0.6 is 15.9 Å². The Morgan fingerprint density at radius 2 is 2.19 bits per heavy atom. The van der Waals surface area contributed by atoms with Crippen LogP contribution in [0.4, 0.5) is 0 Å². The van der Waals surface area contributed by atoms with Crippen LogP contribution in [0.25, 0.3) is 11.2 Å². The molecule has 0 aromatic carbocycles. The van der Waals surface area contributed by atoms with Crippen molar-refractivity contribution in [1.29, 1.82) is 0 Å². The summed E-state index contributed by atoms with van der Waals surface area (Å²) in [7, 11) is 0. The Kier molecular flexibility index (Phi) is 2.31. The molecule has 3 rings (SSSR count). The molecule has 1 N–H and O–H groups in total. The third kappa shape index (κ3) is 1.48. The van der Waals surface area contributed by atoms with Crippen molar-refractivity contribution in [3.05, 3.63) is 21.4 Å². The molecule has 2 heterocycles. The molecule has 0 aliphatic heterocycles. The highest BCUT2D eigenvalue weighted by molar-refractivity contribution is 9.10. The summed E-state index contributed by atoms with van der Waals surface area (Å²) >= 11 is 3.16. The van der Waals surface area contributed by atoms with Gasteiger partial charge in [-0.2, -0.15) is 0 Å². The van der Waals surface area contributed by atoms with E-state index in [9.17, 15) is 4.79 Å². The number of aromatic nitrogens is 4. The lowest BCUT2D eigenvalue weighted by Crippen LogP contribution is -2.14. The van der Waals surface area contributed by atoms with Gasteiger partial charge in [0.15, 0.2) is 15.9 Å². The zero-order valence-electron chi connectivity index (χ0n) is 8.61. The van der Waals surface area contributed by atoms with Crippen molar-refractivity contribution < 1.29 is 0 Å². The second kappa shape index (κ2) is 3.69. The van der Waals surface area contributed by atoms with Crippen LogP contribution in [0.1, 0.15) is 31.7 Å². The van der Waals surface area contributed by atoms with Gasteiger partial charge < -0.3 is 4.57 Å². The van der Waals surface area contributed by atoms with Gasteiger partial charge >= 0.3 is 0 Å². The molecular formula is C10H11BrN4O. The number of aromatic amines is 1. The fraction of sp³-hybridized carbons (Fsp3) is 0.500. The van der Waals surface area contributed by atoms with Gasteiger partial charge in [-0.15, -0.1) is 0 Å². The Morgan fingerprint density at radius 3 is 2.94 bits per heavy atom. The highest BCUT2D eigenvalue weighted by Crippen LogP contribution is 2.30. The number of nitrogens with one attached hydrogen (secondary N) is 1. The second-order valence-electron chi connectivity index (χ2n) is 4.12. The van der Waals surface area contributed by atoms with E-state index in [0.717, 1.165) is 12.8 Å². The number of hydrogen-bond donors (Lipinski definition) is 1. The van der Waals surface area contributed by atoms with Crippen LogP contribution in [0.5, 0.6) is 0 Å². The third-order valence-electron chi connectivity index (χ3n) is 3.13. The predicted octanol–water partition coefficient (Wildman–Crippen LogP) is 2.00. The molecule has 16 heavy (non-hydrogen) atoms. The van der Waals surface area contributed by atoms with Gasteiger partial charge in [0.2, 0.25) is 0 Å². The molecule has 0 unspecified atom stereocenters. The van der Waals surface area contributed by atoms with Gasteiger partial charge in [-0.05, 0) is 28.8 Å². The highest BCUT2D eigenvalue weighted by Gasteiger charge is 2.20. The molecule has 0 saturated heterocycles. The van der Waals surface area contributed by atoms with Gasteiger partial charge in [-0.25, -0.2) is 9.97 Å². The topological polar surface area (TPSA) is 63.6 Å². The summed E-state index contributed by atoms with van der Waals surface area (Å²) in [5, 5.41) is 0. The molecule has 0 atom stereocenters. The molecule has 1 fully saturated rings. The fourth-order valence-electron chi connectivity index (χ4n) is 2.38. The first kappa shape index (κ1) is 10.0. The van der Waals surface area contributed by atoms with Crippen LogP contribution in [-0.4, -0.2) is 19.5 Å². The molecule has 0 spiro atoms. The van der Waals surface area contributed by atoms with Gasteiger partial charge in [0, 0.05) is 6.04 Å². The molecule has 2 aromatic rings. The van der Waals surface area contributed by atoms with Gasteiger partial charge in [-0.3, -0.25) is 9.78 Å². The molecule has 2 aromatic heterocycles. The normalized spacial score (nSPS) is 17.3. The van der Waals surface area contributed by atoms with Gasteiger partial charge in [0.25, 0.3) is 5.56 Å². The quantitative estimate of drug-likeness (QED) is 0.814. The number of imidazole rings is 1. The van der Waals surface area contributed by atoms with E-state index in [-0.39, 0.29) is 5.56 Å². The minimum absolute atomic E-state index is 0.124. The van der Waals surface area contributed by atoms with E-state index in [2.05, 4.69) is 30.9 Å². The standard InChI is InChI=1S/C10H11BrN4O/c11-10-13-8-7(9(16)14-10)15(5-12-8)6-3-1-2-4-6/h5-6H,1-4H2,(H,13,14,16).